The summed E-state index contributed by atoms with van der Waals surface area (Å²) in [5.74, 6) is -7.77. The van der Waals surface area contributed by atoms with E-state index >= 15 is 0 Å². The molecule has 6 amide bonds. The highest BCUT2D eigenvalue weighted by Crippen LogP contribution is 2.41. The van der Waals surface area contributed by atoms with Crippen LogP contribution in [0.2, 0.25) is 0 Å². The first-order valence-electron chi connectivity index (χ1n) is 20.7. The summed E-state index contributed by atoms with van der Waals surface area (Å²) >= 11 is 0. The fourth-order valence-corrected chi connectivity index (χ4v) is 7.00. The number of aliphatic hydroxyl groups is 1. The number of carbonyl (C=O) groups is 7. The molecule has 9 N–H and O–H groups in total. The molecule has 0 fully saturated rings. The molecule has 0 saturated heterocycles. The summed E-state index contributed by atoms with van der Waals surface area (Å²) < 4.78 is 0. The van der Waals surface area contributed by atoms with E-state index in [1.165, 1.54) is 71.8 Å². The van der Waals surface area contributed by atoms with Crippen LogP contribution in [-0.4, -0.2) is 128 Å². The number of carbonyl (C=O) groups excluding carboxylic acids is 6. The Hall–Kier alpha value is -5.99. The number of rotatable bonds is 20. The molecule has 0 saturated carbocycles. The van der Waals surface area contributed by atoms with Crippen LogP contribution >= 0.6 is 0 Å². The Balaban J connectivity index is 1.77. The van der Waals surface area contributed by atoms with E-state index in [9.17, 15) is 64.4 Å². The molecule has 0 spiro atoms. The normalized spacial score (nSPS) is 17.3. The lowest BCUT2D eigenvalue weighted by atomic mass is 9.93. The van der Waals surface area contributed by atoms with E-state index in [0.717, 1.165) is 47.6 Å². The Kier molecular flexibility index (Phi) is 19.4. The van der Waals surface area contributed by atoms with E-state index in [4.69, 9.17) is 0 Å². The standard InChI is InChI=1S/C42H61N7O13/c1-6-7-8-9-10-11-12-13-14-15-34(52)47(4)32(23-50)40(57)44-24(2)38(55)43-22-35(53)48(5)36-27-16-17-33(51)28(21-27)29-18-26(20-31(37(29)54)49(61)62)19-30(42(59)60)46-39(56)25(3)45-41(36)58/h16-18,20-21,24-25,30,32,36,50-51,54,61-62H,6-15,19,22-23H2,1-5H3,(H,43,55)(H,44,57)(H,45,58)(H,46,56)(H,59,60)/p-1. The molecule has 1 heterocycles. The third-order valence-corrected chi connectivity index (χ3v) is 10.8. The monoisotopic (exact) mass is 870 g/mol. The zero-order chi connectivity index (χ0) is 46.3. The van der Waals surface area contributed by atoms with Gasteiger partial charge in [-0.2, -0.15) is 0 Å². The number of aromatic hydroxyl groups is 1. The number of carboxylic acids is 1. The fraction of sp³-hybridized carbons (Fsp3) is 0.548. The molecule has 5 unspecified atom stereocenters. The van der Waals surface area contributed by atoms with Gasteiger partial charge in [0.25, 0.3) is 0 Å². The Bertz CT molecular complexity index is 1930. The molecule has 1 aliphatic heterocycles. The second kappa shape index (κ2) is 23.9. The minimum Gasteiger partial charge on any atom is -0.871 e. The summed E-state index contributed by atoms with van der Waals surface area (Å²) in [4.78, 5) is 93.9. The molecular weight excluding hydrogens is 810 g/mol. The number of anilines is 1. The number of aliphatic hydroxyl groups excluding tert-OH is 1. The third-order valence-electron chi connectivity index (χ3n) is 10.8. The van der Waals surface area contributed by atoms with Gasteiger partial charge in [-0.25, -0.2) is 4.79 Å². The van der Waals surface area contributed by atoms with Crippen LogP contribution in [0, 0.1) is 0 Å². The Morgan fingerprint density at radius 1 is 0.871 bits per heavy atom. The summed E-state index contributed by atoms with van der Waals surface area (Å²) in [5, 5.41) is 72.9. The summed E-state index contributed by atoms with van der Waals surface area (Å²) in [5.41, 5.74) is -1.27. The van der Waals surface area contributed by atoms with Crippen LogP contribution in [-0.2, 0) is 40.0 Å². The molecular formula is C42H60N7O13-. The number of amides is 6. The molecule has 0 aliphatic carbocycles. The smallest absolute Gasteiger partial charge is 0.326 e. The molecule has 5 atom stereocenters. The first-order valence-corrected chi connectivity index (χ1v) is 20.7. The number of phenolic OH excluding ortho intramolecular Hbond substituents is 1. The molecule has 20 heteroatoms. The van der Waals surface area contributed by atoms with Gasteiger partial charge in [-0.3, -0.25) is 39.2 Å². The average molecular weight is 871 g/mol. The van der Waals surface area contributed by atoms with Crippen LogP contribution in [0.15, 0.2) is 30.3 Å². The van der Waals surface area contributed by atoms with Gasteiger partial charge < -0.3 is 51.5 Å². The first-order chi connectivity index (χ1) is 29.3. The van der Waals surface area contributed by atoms with Crippen LogP contribution in [0.25, 0.3) is 11.1 Å². The SMILES string of the molecule is CCCCCCCCCCCC(=O)N(C)C(CO)C(=O)NC(C)C(=O)NCC(=O)N(C)C1C(=O)NC(C)C(=O)NC(C(=O)O)Cc2cc(c([O-])c(N(O)O)c2)-c2cc1ccc2O. The second-order valence-corrected chi connectivity index (χ2v) is 15.5. The maximum atomic E-state index is 13.9. The van der Waals surface area contributed by atoms with Gasteiger partial charge in [-0.1, -0.05) is 76.2 Å². The number of hydrogen-bond donors (Lipinski definition) is 9. The number of benzene rings is 2. The highest BCUT2D eigenvalue weighted by molar-refractivity contribution is 5.96. The lowest BCUT2D eigenvalue weighted by Crippen LogP contribution is -2.55. The number of phenols is 1. The van der Waals surface area contributed by atoms with E-state index < -0.39 is 108 Å². The Morgan fingerprint density at radius 2 is 1.50 bits per heavy atom. The lowest BCUT2D eigenvalue weighted by molar-refractivity contribution is -0.267. The molecule has 0 radical (unpaired) electrons. The summed E-state index contributed by atoms with van der Waals surface area (Å²) in [6, 6.07) is -1.41. The number of nitrogens with one attached hydrogen (secondary N) is 4. The summed E-state index contributed by atoms with van der Waals surface area (Å²) in [6.07, 6.45) is 9.26. The predicted molar refractivity (Wildman–Crippen MR) is 222 cm³/mol. The van der Waals surface area contributed by atoms with Crippen molar-refractivity contribution in [2.24, 2.45) is 0 Å². The largest absolute Gasteiger partial charge is 0.871 e. The number of hydrogen-bond acceptors (Lipinski definition) is 13. The molecule has 4 bridgehead atoms. The molecule has 2 aromatic rings. The minimum absolute atomic E-state index is 0.00564. The van der Waals surface area contributed by atoms with Gasteiger partial charge in [0.1, 0.15) is 36.0 Å². The molecule has 1 aliphatic rings. The van der Waals surface area contributed by atoms with E-state index in [1.807, 2.05) is 0 Å². The maximum absolute atomic E-state index is 13.9. The van der Waals surface area contributed by atoms with Gasteiger partial charge in [0.15, 0.2) is 0 Å². The van der Waals surface area contributed by atoms with Crippen LogP contribution in [0.4, 0.5) is 5.69 Å². The van der Waals surface area contributed by atoms with Gasteiger partial charge in [0, 0.05) is 32.5 Å². The maximum Gasteiger partial charge on any atom is 0.326 e. The van der Waals surface area contributed by atoms with Crippen molar-refractivity contribution in [3.05, 3.63) is 41.5 Å². The minimum atomic E-state index is -1.63. The number of aliphatic carboxylic acids is 1. The number of nitrogens with zero attached hydrogens (tertiary/aromatic N) is 3. The van der Waals surface area contributed by atoms with Crippen molar-refractivity contribution in [2.45, 2.75) is 122 Å². The molecule has 2 aromatic carbocycles. The molecule has 3 rings (SSSR count). The van der Waals surface area contributed by atoms with Crippen molar-refractivity contribution in [3.63, 3.8) is 0 Å². The summed E-state index contributed by atoms with van der Waals surface area (Å²) in [7, 11) is 2.59. The van der Waals surface area contributed by atoms with Gasteiger partial charge in [-0.15, -0.1) is 5.23 Å². The number of likely N-dealkylation sites (N-methyl/N-ethyl adjacent to an activating group) is 2. The quantitative estimate of drug-likeness (QED) is 0.0668. The Morgan fingerprint density at radius 3 is 2.10 bits per heavy atom. The lowest BCUT2D eigenvalue weighted by Gasteiger charge is -2.31. The fourth-order valence-electron chi connectivity index (χ4n) is 7.00. The van der Waals surface area contributed by atoms with Gasteiger partial charge in [-0.05, 0) is 55.2 Å². The van der Waals surface area contributed by atoms with E-state index in [-0.39, 0.29) is 34.6 Å². The van der Waals surface area contributed by atoms with Crippen molar-refractivity contribution in [2.75, 3.05) is 32.5 Å². The van der Waals surface area contributed by atoms with Crippen molar-refractivity contribution < 1.29 is 64.4 Å². The van der Waals surface area contributed by atoms with Gasteiger partial charge in [0.05, 0.1) is 18.8 Å². The predicted octanol–water partition coefficient (Wildman–Crippen LogP) is 1.21. The first kappa shape index (κ1) is 50.4. The summed E-state index contributed by atoms with van der Waals surface area (Å²) in [6.45, 7) is 3.32. The molecule has 20 nitrogen and oxygen atoms in total. The topological polar surface area (TPSA) is 302 Å². The van der Waals surface area contributed by atoms with E-state index in [2.05, 4.69) is 28.2 Å². The number of unbranched alkanes of at least 4 members (excludes halogenated alkanes) is 8. The van der Waals surface area contributed by atoms with Crippen LogP contribution < -0.4 is 31.6 Å². The zero-order valence-electron chi connectivity index (χ0n) is 35.8. The van der Waals surface area contributed by atoms with Crippen molar-refractivity contribution >= 4 is 47.1 Å². The van der Waals surface area contributed by atoms with E-state index in [0.29, 0.717) is 6.42 Å². The average Bonchev–Trinajstić information content (AvgIpc) is 3.22. The zero-order valence-corrected chi connectivity index (χ0v) is 35.8. The Labute approximate surface area is 360 Å². The highest BCUT2D eigenvalue weighted by Gasteiger charge is 2.34. The number of carboxylic acid groups (broad SMARTS) is 1. The van der Waals surface area contributed by atoms with Gasteiger partial charge >= 0.3 is 5.97 Å². The molecule has 342 valence electrons. The molecule has 0 aromatic heterocycles. The van der Waals surface area contributed by atoms with Crippen LogP contribution in [0.3, 0.4) is 0 Å². The van der Waals surface area contributed by atoms with E-state index in [1.54, 1.807) is 0 Å². The van der Waals surface area contributed by atoms with Gasteiger partial charge in [0.2, 0.25) is 35.4 Å². The third kappa shape index (κ3) is 13.8. The highest BCUT2D eigenvalue weighted by atomic mass is 16.8. The number of fused-ring (bicyclic) bond motifs is 5. The van der Waals surface area contributed by atoms with Crippen molar-refractivity contribution in [1.82, 2.24) is 31.1 Å². The van der Waals surface area contributed by atoms with Crippen molar-refractivity contribution in [1.29, 1.82) is 0 Å². The van der Waals surface area contributed by atoms with Crippen molar-refractivity contribution in [3.8, 4) is 22.6 Å². The van der Waals surface area contributed by atoms with Crippen LogP contribution in [0.1, 0.15) is 102 Å². The van der Waals surface area contributed by atoms with Crippen LogP contribution in [0.5, 0.6) is 11.5 Å². The molecule has 62 heavy (non-hydrogen) atoms. The second-order valence-electron chi connectivity index (χ2n) is 15.5.